The van der Waals surface area contributed by atoms with E-state index in [4.69, 9.17) is 4.74 Å². The second-order valence-electron chi connectivity index (χ2n) is 3.12. The van der Waals surface area contributed by atoms with E-state index in [9.17, 15) is 13.2 Å². The molecular formula is C9H14N2O4S2. The Labute approximate surface area is 104 Å². The zero-order valence-electron chi connectivity index (χ0n) is 9.52. The Morgan fingerprint density at radius 2 is 2.24 bits per heavy atom. The average Bonchev–Trinajstić information content (AvgIpc) is 2.78. The molecule has 1 amide bonds. The third-order valence-electron chi connectivity index (χ3n) is 1.93. The first-order valence-corrected chi connectivity index (χ1v) is 7.16. The molecule has 0 aromatic carbocycles. The summed E-state index contributed by atoms with van der Waals surface area (Å²) >= 11 is 1.09. The van der Waals surface area contributed by atoms with Gasteiger partial charge in [0.25, 0.3) is 5.91 Å². The molecule has 1 aromatic heterocycles. The molecule has 1 rings (SSSR count). The van der Waals surface area contributed by atoms with Gasteiger partial charge >= 0.3 is 0 Å². The fourth-order valence-electron chi connectivity index (χ4n) is 1.06. The highest BCUT2D eigenvalue weighted by Crippen LogP contribution is 2.18. The molecule has 1 heterocycles. The third kappa shape index (κ3) is 3.77. The van der Waals surface area contributed by atoms with Crippen molar-refractivity contribution < 1.29 is 17.9 Å². The maximum absolute atomic E-state index is 11.7. The number of hydrogen-bond acceptors (Lipinski definition) is 5. The molecule has 0 aliphatic rings. The Hall–Kier alpha value is -0.960. The number of sulfonamides is 1. The Morgan fingerprint density at radius 1 is 1.53 bits per heavy atom. The van der Waals surface area contributed by atoms with Crippen LogP contribution in [0.3, 0.4) is 0 Å². The Balaban J connectivity index is 2.78. The van der Waals surface area contributed by atoms with Crippen LogP contribution in [0.4, 0.5) is 0 Å². The summed E-state index contributed by atoms with van der Waals surface area (Å²) in [5.74, 6) is -0.298. The maximum atomic E-state index is 11.7. The number of nitrogens with one attached hydrogen (secondary N) is 2. The van der Waals surface area contributed by atoms with Gasteiger partial charge in [-0.25, -0.2) is 13.1 Å². The minimum absolute atomic E-state index is 0.0946. The molecule has 0 atom stereocenters. The lowest BCUT2D eigenvalue weighted by Gasteiger charge is -2.03. The van der Waals surface area contributed by atoms with Gasteiger partial charge in [-0.3, -0.25) is 4.79 Å². The molecule has 0 bridgehead atoms. The molecule has 96 valence electrons. The van der Waals surface area contributed by atoms with Crippen molar-refractivity contribution in [3.05, 3.63) is 16.3 Å². The van der Waals surface area contributed by atoms with Gasteiger partial charge in [0.15, 0.2) is 0 Å². The summed E-state index contributed by atoms with van der Waals surface area (Å²) < 4.78 is 30.6. The fourth-order valence-corrected chi connectivity index (χ4v) is 3.30. The highest BCUT2D eigenvalue weighted by molar-refractivity contribution is 7.89. The molecular weight excluding hydrogens is 264 g/mol. The maximum Gasteiger partial charge on any atom is 0.261 e. The molecule has 6 nitrogen and oxygen atoms in total. The number of carbonyl (C=O) groups excluding carboxylic acids is 1. The summed E-state index contributed by atoms with van der Waals surface area (Å²) in [6, 6.07) is 1.35. The van der Waals surface area contributed by atoms with Gasteiger partial charge in [0, 0.05) is 26.1 Å². The van der Waals surface area contributed by atoms with Gasteiger partial charge in [0.1, 0.15) is 0 Å². The van der Waals surface area contributed by atoms with Crippen molar-refractivity contribution in [1.82, 2.24) is 10.0 Å². The average molecular weight is 278 g/mol. The molecule has 0 saturated carbocycles. The largest absolute Gasteiger partial charge is 0.383 e. The van der Waals surface area contributed by atoms with Crippen LogP contribution in [0, 0.1) is 0 Å². The molecule has 0 spiro atoms. The Morgan fingerprint density at radius 3 is 2.82 bits per heavy atom. The van der Waals surface area contributed by atoms with Crippen LogP contribution in [0.1, 0.15) is 9.67 Å². The summed E-state index contributed by atoms with van der Waals surface area (Å²) in [7, 11) is -0.571. The summed E-state index contributed by atoms with van der Waals surface area (Å²) in [6.07, 6.45) is 0. The van der Waals surface area contributed by atoms with Crippen molar-refractivity contribution in [2.24, 2.45) is 0 Å². The minimum Gasteiger partial charge on any atom is -0.383 e. The van der Waals surface area contributed by atoms with E-state index >= 15 is 0 Å². The van der Waals surface area contributed by atoms with E-state index in [1.54, 1.807) is 0 Å². The lowest BCUT2D eigenvalue weighted by atomic mass is 10.4. The summed E-state index contributed by atoms with van der Waals surface area (Å²) in [5.41, 5.74) is 0. The number of ether oxygens (including phenoxy) is 1. The van der Waals surface area contributed by atoms with Crippen molar-refractivity contribution >= 4 is 27.3 Å². The normalized spacial score (nSPS) is 11.4. The van der Waals surface area contributed by atoms with E-state index in [1.807, 2.05) is 0 Å². The first-order valence-electron chi connectivity index (χ1n) is 4.80. The van der Waals surface area contributed by atoms with Gasteiger partial charge in [-0.15, -0.1) is 11.3 Å². The van der Waals surface area contributed by atoms with Crippen molar-refractivity contribution in [3.8, 4) is 0 Å². The standard InChI is InChI=1S/C9H14N2O4S2/c1-10-9(12)8-5-7(6-16-8)17(13,14)11-3-4-15-2/h5-6,11H,3-4H2,1-2H3,(H,10,12). The molecule has 0 aliphatic carbocycles. The lowest BCUT2D eigenvalue weighted by molar-refractivity contribution is 0.0967. The van der Waals surface area contributed by atoms with E-state index in [1.165, 1.54) is 25.6 Å². The summed E-state index contributed by atoms with van der Waals surface area (Å²) in [6.45, 7) is 0.496. The first-order chi connectivity index (χ1) is 8.01. The van der Waals surface area contributed by atoms with E-state index in [0.717, 1.165) is 11.3 Å². The molecule has 0 saturated heterocycles. The molecule has 2 N–H and O–H groups in total. The van der Waals surface area contributed by atoms with Crippen molar-refractivity contribution in [2.45, 2.75) is 4.90 Å². The number of methoxy groups -OCH3 is 1. The number of rotatable bonds is 6. The van der Waals surface area contributed by atoms with Crippen LogP contribution in [0.5, 0.6) is 0 Å². The van der Waals surface area contributed by atoms with Crippen LogP contribution in [-0.4, -0.2) is 41.6 Å². The van der Waals surface area contributed by atoms with E-state index in [0.29, 0.717) is 11.5 Å². The van der Waals surface area contributed by atoms with E-state index in [2.05, 4.69) is 10.0 Å². The third-order valence-corrected chi connectivity index (χ3v) is 4.45. The number of hydrogen-bond donors (Lipinski definition) is 2. The van der Waals surface area contributed by atoms with E-state index < -0.39 is 10.0 Å². The zero-order valence-corrected chi connectivity index (χ0v) is 11.2. The highest BCUT2D eigenvalue weighted by atomic mass is 32.2. The SMILES string of the molecule is CNC(=O)c1cc(S(=O)(=O)NCCOC)cs1. The summed E-state index contributed by atoms with van der Waals surface area (Å²) in [4.78, 5) is 11.7. The van der Waals surface area contributed by atoms with Crippen molar-refractivity contribution in [3.63, 3.8) is 0 Å². The monoisotopic (exact) mass is 278 g/mol. The van der Waals surface area contributed by atoms with Gasteiger partial charge in [-0.05, 0) is 6.07 Å². The molecule has 0 aliphatic heterocycles. The topological polar surface area (TPSA) is 84.5 Å². The van der Waals surface area contributed by atoms with E-state index in [-0.39, 0.29) is 17.3 Å². The van der Waals surface area contributed by atoms with Crippen LogP contribution in [0.25, 0.3) is 0 Å². The van der Waals surface area contributed by atoms with Gasteiger partial charge in [0.05, 0.1) is 16.4 Å². The van der Waals surface area contributed by atoms with Crippen LogP contribution in [-0.2, 0) is 14.8 Å². The molecule has 0 radical (unpaired) electrons. The Bertz CT molecular complexity index is 481. The van der Waals surface area contributed by atoms with Crippen LogP contribution >= 0.6 is 11.3 Å². The summed E-state index contributed by atoms with van der Waals surface area (Å²) in [5, 5.41) is 3.86. The van der Waals surface area contributed by atoms with Crippen LogP contribution < -0.4 is 10.0 Å². The zero-order chi connectivity index (χ0) is 12.9. The molecule has 1 aromatic rings. The fraction of sp³-hybridized carbons (Fsp3) is 0.444. The highest BCUT2D eigenvalue weighted by Gasteiger charge is 2.17. The van der Waals surface area contributed by atoms with Gasteiger partial charge < -0.3 is 10.1 Å². The van der Waals surface area contributed by atoms with Crippen molar-refractivity contribution in [1.29, 1.82) is 0 Å². The Kier molecular flexibility index (Phi) is 5.06. The first kappa shape index (κ1) is 14.1. The predicted molar refractivity (Wildman–Crippen MR) is 64.8 cm³/mol. The van der Waals surface area contributed by atoms with Crippen LogP contribution in [0.15, 0.2) is 16.3 Å². The van der Waals surface area contributed by atoms with Crippen molar-refractivity contribution in [2.75, 3.05) is 27.3 Å². The second-order valence-corrected chi connectivity index (χ2v) is 5.79. The quantitative estimate of drug-likeness (QED) is 0.719. The minimum atomic E-state index is -3.55. The molecule has 17 heavy (non-hydrogen) atoms. The number of carbonyl (C=O) groups is 1. The molecule has 0 fully saturated rings. The lowest BCUT2D eigenvalue weighted by Crippen LogP contribution is -2.26. The predicted octanol–water partition coefficient (Wildman–Crippen LogP) is 0.0324. The van der Waals surface area contributed by atoms with Gasteiger partial charge in [-0.2, -0.15) is 0 Å². The molecule has 0 unspecified atom stereocenters. The number of thiophene rings is 1. The van der Waals surface area contributed by atoms with Gasteiger partial charge in [0.2, 0.25) is 10.0 Å². The smallest absolute Gasteiger partial charge is 0.261 e. The van der Waals surface area contributed by atoms with Gasteiger partial charge in [-0.1, -0.05) is 0 Å². The molecule has 8 heteroatoms. The number of amides is 1. The second kappa shape index (κ2) is 6.10. The van der Waals surface area contributed by atoms with Crippen LogP contribution in [0.2, 0.25) is 0 Å².